The summed E-state index contributed by atoms with van der Waals surface area (Å²) in [4.78, 5) is 27.6. The Balaban J connectivity index is 1.51. The number of fused-ring (bicyclic) bond motifs is 5. The summed E-state index contributed by atoms with van der Waals surface area (Å²) >= 11 is 0. The second kappa shape index (κ2) is 8.01. The molecule has 0 amide bonds. The van der Waals surface area contributed by atoms with E-state index in [-0.39, 0.29) is 22.9 Å². The van der Waals surface area contributed by atoms with Crippen molar-refractivity contribution in [2.45, 2.75) is 84.7 Å². The van der Waals surface area contributed by atoms with Crippen molar-refractivity contribution in [1.82, 2.24) is 0 Å². The quantitative estimate of drug-likeness (QED) is 0.516. The number of carboxylic acids is 1. The SMILES string of the molecule is CCC(=O)O[C@@H]1CC[C@H]2[C@H]3CCC4=CC(=NOCC(=O)O)CC[C@]4(C)[C@@H]3CC[C@]12C. The van der Waals surface area contributed by atoms with Gasteiger partial charge in [0.1, 0.15) is 6.10 Å². The van der Waals surface area contributed by atoms with Gasteiger partial charge >= 0.3 is 11.9 Å². The Labute approximate surface area is 179 Å². The first-order valence-corrected chi connectivity index (χ1v) is 11.6. The molecule has 1 N–H and O–H groups in total. The fourth-order valence-electron chi connectivity index (χ4n) is 7.20. The van der Waals surface area contributed by atoms with Crippen molar-refractivity contribution in [3.8, 4) is 0 Å². The summed E-state index contributed by atoms with van der Waals surface area (Å²) in [6.45, 7) is 6.28. The topological polar surface area (TPSA) is 85.2 Å². The Kier molecular flexibility index (Phi) is 5.71. The van der Waals surface area contributed by atoms with E-state index >= 15 is 0 Å². The molecule has 6 heteroatoms. The number of nitrogens with zero attached hydrogens (tertiary/aromatic N) is 1. The van der Waals surface area contributed by atoms with Crippen LogP contribution < -0.4 is 0 Å². The third kappa shape index (κ3) is 3.56. The maximum absolute atomic E-state index is 12.0. The number of allylic oxidation sites excluding steroid dienone is 2. The second-order valence-corrected chi connectivity index (χ2v) is 10.2. The van der Waals surface area contributed by atoms with Gasteiger partial charge in [0.25, 0.3) is 0 Å². The van der Waals surface area contributed by atoms with Gasteiger partial charge in [0.15, 0.2) is 0 Å². The Bertz CT molecular complexity index is 774. The lowest BCUT2D eigenvalue weighted by atomic mass is 9.47. The van der Waals surface area contributed by atoms with Gasteiger partial charge in [-0.2, -0.15) is 0 Å². The average molecular weight is 418 g/mol. The first-order valence-electron chi connectivity index (χ1n) is 11.6. The predicted molar refractivity (Wildman–Crippen MR) is 113 cm³/mol. The predicted octanol–water partition coefficient (Wildman–Crippen LogP) is 4.73. The minimum atomic E-state index is -1.00. The Morgan fingerprint density at radius 3 is 2.67 bits per heavy atom. The molecular weight excluding hydrogens is 382 g/mol. The van der Waals surface area contributed by atoms with E-state index in [9.17, 15) is 9.59 Å². The van der Waals surface area contributed by atoms with Crippen molar-refractivity contribution in [2.75, 3.05) is 6.61 Å². The molecule has 6 nitrogen and oxygen atoms in total. The third-order valence-corrected chi connectivity index (χ3v) is 8.82. The van der Waals surface area contributed by atoms with Gasteiger partial charge in [-0.15, -0.1) is 0 Å². The number of rotatable bonds is 5. The standard InChI is InChI=1S/C24H35NO5/c1-4-22(28)30-20-8-7-18-17-6-5-15-13-16(25-29-14-21(26)27)9-11-23(15,2)19(17)10-12-24(18,20)3/h13,17-20H,4-12,14H2,1-3H3,(H,26,27)/t17-,18+,19-,20-,23+,24+/m1/s1. The van der Waals surface area contributed by atoms with Crippen molar-refractivity contribution in [2.24, 2.45) is 33.7 Å². The second-order valence-electron chi connectivity index (χ2n) is 10.2. The van der Waals surface area contributed by atoms with Crippen molar-refractivity contribution >= 4 is 17.7 Å². The van der Waals surface area contributed by atoms with Gasteiger partial charge in [0.05, 0.1) is 5.71 Å². The van der Waals surface area contributed by atoms with Crippen molar-refractivity contribution in [3.05, 3.63) is 11.6 Å². The van der Waals surface area contributed by atoms with Crippen LogP contribution in [-0.4, -0.2) is 35.5 Å². The summed E-state index contributed by atoms with van der Waals surface area (Å²) in [6.07, 6.45) is 11.3. The molecule has 0 radical (unpaired) electrons. The maximum Gasteiger partial charge on any atom is 0.344 e. The van der Waals surface area contributed by atoms with Crippen LogP contribution in [0.25, 0.3) is 0 Å². The first kappa shape index (κ1) is 21.4. The summed E-state index contributed by atoms with van der Waals surface area (Å²) in [7, 11) is 0. The van der Waals surface area contributed by atoms with Crippen LogP contribution in [0.15, 0.2) is 16.8 Å². The summed E-state index contributed by atoms with van der Waals surface area (Å²) in [5.74, 6) is 0.931. The highest BCUT2D eigenvalue weighted by atomic mass is 16.6. The molecule has 0 spiro atoms. The highest BCUT2D eigenvalue weighted by molar-refractivity contribution is 5.96. The van der Waals surface area contributed by atoms with Crippen LogP contribution in [-0.2, 0) is 19.2 Å². The van der Waals surface area contributed by atoms with Gasteiger partial charge in [-0.1, -0.05) is 31.5 Å². The number of carbonyl (C=O) groups is 2. The van der Waals surface area contributed by atoms with Crippen LogP contribution in [0.2, 0.25) is 0 Å². The molecule has 4 aliphatic rings. The Morgan fingerprint density at radius 2 is 1.93 bits per heavy atom. The van der Waals surface area contributed by atoms with E-state index in [2.05, 4.69) is 25.1 Å². The maximum atomic E-state index is 12.0. The molecule has 30 heavy (non-hydrogen) atoms. The Hall–Kier alpha value is -1.85. The lowest BCUT2D eigenvalue weighted by Gasteiger charge is -2.58. The van der Waals surface area contributed by atoms with Crippen molar-refractivity contribution in [1.29, 1.82) is 0 Å². The van der Waals surface area contributed by atoms with Crippen LogP contribution in [0, 0.1) is 28.6 Å². The number of ether oxygens (including phenoxy) is 1. The number of esters is 1. The lowest BCUT2D eigenvalue weighted by Crippen LogP contribution is -2.51. The van der Waals surface area contributed by atoms with Gasteiger partial charge < -0.3 is 14.7 Å². The normalized spacial score (nSPS) is 41.3. The molecule has 6 atom stereocenters. The number of aliphatic carboxylic acids is 1. The van der Waals surface area contributed by atoms with E-state index in [0.717, 1.165) is 37.8 Å². The van der Waals surface area contributed by atoms with Gasteiger partial charge in [0.2, 0.25) is 6.61 Å². The van der Waals surface area contributed by atoms with Crippen LogP contribution in [0.3, 0.4) is 0 Å². The van der Waals surface area contributed by atoms with Crippen LogP contribution >= 0.6 is 0 Å². The highest BCUT2D eigenvalue weighted by Gasteiger charge is 2.59. The molecule has 4 rings (SSSR count). The highest BCUT2D eigenvalue weighted by Crippen LogP contribution is 2.65. The fourth-order valence-corrected chi connectivity index (χ4v) is 7.20. The number of hydrogen-bond acceptors (Lipinski definition) is 5. The number of carbonyl (C=O) groups excluding carboxylic acids is 1. The van der Waals surface area contributed by atoms with E-state index < -0.39 is 12.6 Å². The minimum Gasteiger partial charge on any atom is -0.479 e. The minimum absolute atomic E-state index is 0.0611. The van der Waals surface area contributed by atoms with Crippen molar-refractivity contribution in [3.63, 3.8) is 0 Å². The molecule has 166 valence electrons. The lowest BCUT2D eigenvalue weighted by molar-refractivity contribution is -0.159. The van der Waals surface area contributed by atoms with E-state index in [1.807, 2.05) is 6.92 Å². The summed E-state index contributed by atoms with van der Waals surface area (Å²) < 4.78 is 5.89. The zero-order valence-electron chi connectivity index (χ0n) is 18.5. The number of carboxylic acid groups (broad SMARTS) is 1. The summed E-state index contributed by atoms with van der Waals surface area (Å²) in [5, 5.41) is 12.8. The van der Waals surface area contributed by atoms with Crippen LogP contribution in [0.5, 0.6) is 0 Å². The molecular formula is C24H35NO5. The summed E-state index contributed by atoms with van der Waals surface area (Å²) in [5.41, 5.74) is 2.64. The Morgan fingerprint density at radius 1 is 1.13 bits per heavy atom. The molecule has 3 fully saturated rings. The zero-order valence-corrected chi connectivity index (χ0v) is 18.5. The molecule has 0 heterocycles. The molecule has 0 aromatic carbocycles. The molecule has 0 saturated heterocycles. The smallest absolute Gasteiger partial charge is 0.344 e. The van der Waals surface area contributed by atoms with Crippen LogP contribution in [0.1, 0.15) is 78.6 Å². The molecule has 0 bridgehead atoms. The van der Waals surface area contributed by atoms with Gasteiger partial charge in [0, 0.05) is 11.8 Å². The molecule has 0 aliphatic heterocycles. The largest absolute Gasteiger partial charge is 0.479 e. The molecule has 4 aliphatic carbocycles. The molecule has 0 aromatic rings. The summed E-state index contributed by atoms with van der Waals surface area (Å²) in [6, 6.07) is 0. The van der Waals surface area contributed by atoms with E-state index in [1.54, 1.807) is 0 Å². The monoisotopic (exact) mass is 417 g/mol. The molecule has 0 aromatic heterocycles. The van der Waals surface area contributed by atoms with Crippen molar-refractivity contribution < 1.29 is 24.3 Å². The molecule has 0 unspecified atom stereocenters. The zero-order chi connectivity index (χ0) is 21.5. The van der Waals surface area contributed by atoms with Crippen LogP contribution in [0.4, 0.5) is 0 Å². The van der Waals surface area contributed by atoms with Gasteiger partial charge in [-0.05, 0) is 80.6 Å². The van der Waals surface area contributed by atoms with Gasteiger partial charge in [-0.25, -0.2) is 4.79 Å². The van der Waals surface area contributed by atoms with E-state index in [1.165, 1.54) is 24.8 Å². The molecule has 3 saturated carbocycles. The third-order valence-electron chi connectivity index (χ3n) is 8.82. The average Bonchev–Trinajstić information content (AvgIpc) is 3.04. The van der Waals surface area contributed by atoms with E-state index in [0.29, 0.717) is 24.2 Å². The number of oxime groups is 1. The number of hydrogen-bond donors (Lipinski definition) is 1. The van der Waals surface area contributed by atoms with E-state index in [4.69, 9.17) is 14.7 Å². The van der Waals surface area contributed by atoms with Gasteiger partial charge in [-0.3, -0.25) is 4.79 Å². The fraction of sp³-hybridized carbons (Fsp3) is 0.792. The first-order chi connectivity index (χ1) is 14.3.